The predicted molar refractivity (Wildman–Crippen MR) is 103 cm³/mol. The number of anilines is 1. The molecule has 0 saturated heterocycles. The molecule has 7 nitrogen and oxygen atoms in total. The molecule has 0 saturated carbocycles. The van der Waals surface area contributed by atoms with E-state index in [0.29, 0.717) is 21.8 Å². The number of halogens is 1. The van der Waals surface area contributed by atoms with Crippen molar-refractivity contribution in [3.8, 4) is 17.2 Å². The van der Waals surface area contributed by atoms with Crippen LogP contribution < -0.4 is 11.3 Å². The molecule has 0 aliphatic rings. The first-order valence-electron chi connectivity index (χ1n) is 8.08. The highest BCUT2D eigenvalue weighted by Crippen LogP contribution is 2.34. The number of benzene rings is 1. The number of H-pyrrole nitrogens is 1. The van der Waals surface area contributed by atoms with Crippen molar-refractivity contribution in [3.05, 3.63) is 56.5 Å². The average Bonchev–Trinajstić information content (AvgIpc) is 2.61. The molecule has 3 aromatic rings. The molecule has 0 unspecified atom stereocenters. The van der Waals surface area contributed by atoms with Crippen molar-refractivity contribution in [1.82, 2.24) is 9.97 Å². The lowest BCUT2D eigenvalue weighted by Crippen LogP contribution is -2.17. The van der Waals surface area contributed by atoms with E-state index >= 15 is 0 Å². The van der Waals surface area contributed by atoms with E-state index in [2.05, 4.69) is 9.97 Å². The Kier molecular flexibility index (Phi) is 4.84. The fraction of sp³-hybridized carbons (Fsp3) is 0.158. The Hall–Kier alpha value is -3.37. The van der Waals surface area contributed by atoms with Crippen molar-refractivity contribution in [2.75, 3.05) is 12.3 Å². The number of aromatic nitrogens is 2. The Morgan fingerprint density at radius 2 is 2.04 bits per heavy atom. The molecule has 27 heavy (non-hydrogen) atoms. The van der Waals surface area contributed by atoms with Gasteiger partial charge in [0, 0.05) is 10.6 Å². The number of pyridine rings is 2. The van der Waals surface area contributed by atoms with Gasteiger partial charge in [0.2, 0.25) is 0 Å². The minimum atomic E-state index is -0.607. The Bertz CT molecular complexity index is 1160. The van der Waals surface area contributed by atoms with Gasteiger partial charge in [0.05, 0.1) is 28.8 Å². The summed E-state index contributed by atoms with van der Waals surface area (Å²) < 4.78 is 5.16. The third-order valence-corrected chi connectivity index (χ3v) is 4.34. The first-order valence-corrected chi connectivity index (χ1v) is 8.46. The van der Waals surface area contributed by atoms with E-state index in [1.165, 1.54) is 0 Å². The van der Waals surface area contributed by atoms with Crippen LogP contribution in [0.1, 0.15) is 28.5 Å². The normalized spacial score (nSPS) is 10.6. The zero-order valence-corrected chi connectivity index (χ0v) is 15.3. The zero-order valence-electron chi connectivity index (χ0n) is 14.6. The number of hydrogen-bond donors (Lipinski definition) is 2. The second kappa shape index (κ2) is 7.09. The van der Waals surface area contributed by atoms with Gasteiger partial charge in [-0.3, -0.25) is 9.78 Å². The fourth-order valence-corrected chi connectivity index (χ4v) is 3.08. The topological polar surface area (TPSA) is 122 Å². The summed E-state index contributed by atoms with van der Waals surface area (Å²) in [7, 11) is 0. The van der Waals surface area contributed by atoms with E-state index in [4.69, 9.17) is 22.1 Å². The standard InChI is InChI=1S/C19H15ClN4O3/c1-3-27-19(26)13-9(2)23-16-12(8-21)17(22)24-18(25)15(16)14(13)10-4-6-11(20)7-5-10/h4-7H,3H2,1-2H3,(H3,22,24,25). The van der Waals surface area contributed by atoms with Gasteiger partial charge < -0.3 is 15.5 Å². The second-order valence-corrected chi connectivity index (χ2v) is 6.19. The summed E-state index contributed by atoms with van der Waals surface area (Å²) in [6, 6.07) is 8.61. The summed E-state index contributed by atoms with van der Waals surface area (Å²) in [6.07, 6.45) is 0. The summed E-state index contributed by atoms with van der Waals surface area (Å²) in [6.45, 7) is 3.46. The van der Waals surface area contributed by atoms with Crippen LogP contribution in [0.5, 0.6) is 0 Å². The van der Waals surface area contributed by atoms with Gasteiger partial charge in [-0.25, -0.2) is 4.79 Å². The number of nitrogens with one attached hydrogen (secondary N) is 1. The minimum Gasteiger partial charge on any atom is -0.462 e. The van der Waals surface area contributed by atoms with Gasteiger partial charge in [0.15, 0.2) is 0 Å². The van der Waals surface area contributed by atoms with Crippen molar-refractivity contribution in [2.24, 2.45) is 0 Å². The molecule has 0 amide bonds. The third-order valence-electron chi connectivity index (χ3n) is 4.08. The van der Waals surface area contributed by atoms with Crippen molar-refractivity contribution < 1.29 is 9.53 Å². The first kappa shape index (κ1) is 18.4. The Morgan fingerprint density at radius 3 is 2.63 bits per heavy atom. The second-order valence-electron chi connectivity index (χ2n) is 5.75. The zero-order chi connectivity index (χ0) is 19.7. The van der Waals surface area contributed by atoms with Crippen molar-refractivity contribution in [1.29, 1.82) is 5.26 Å². The molecule has 2 aromatic heterocycles. The van der Waals surface area contributed by atoms with Crippen LogP contribution in [0.3, 0.4) is 0 Å². The maximum Gasteiger partial charge on any atom is 0.340 e. The number of nitrogens with zero attached hydrogens (tertiary/aromatic N) is 2. The predicted octanol–water partition coefficient (Wildman–Crippen LogP) is 3.18. The lowest BCUT2D eigenvalue weighted by molar-refractivity contribution is 0.0526. The summed E-state index contributed by atoms with van der Waals surface area (Å²) in [5.74, 6) is -0.683. The molecule has 0 radical (unpaired) electrons. The van der Waals surface area contributed by atoms with E-state index in [1.807, 2.05) is 6.07 Å². The summed E-state index contributed by atoms with van der Waals surface area (Å²) in [4.78, 5) is 32.1. The van der Waals surface area contributed by atoms with Crippen molar-refractivity contribution in [2.45, 2.75) is 13.8 Å². The van der Waals surface area contributed by atoms with Crippen LogP contribution in [0, 0.1) is 18.3 Å². The summed E-state index contributed by atoms with van der Waals surface area (Å²) >= 11 is 5.97. The number of esters is 1. The van der Waals surface area contributed by atoms with Crippen molar-refractivity contribution in [3.63, 3.8) is 0 Å². The quantitative estimate of drug-likeness (QED) is 0.671. The van der Waals surface area contributed by atoms with Crippen LogP contribution in [0.25, 0.3) is 22.0 Å². The van der Waals surface area contributed by atoms with E-state index < -0.39 is 11.5 Å². The van der Waals surface area contributed by atoms with Crippen LogP contribution in [0.15, 0.2) is 29.1 Å². The number of fused-ring (bicyclic) bond motifs is 1. The molecule has 3 N–H and O–H groups in total. The highest BCUT2D eigenvalue weighted by molar-refractivity contribution is 6.30. The number of aromatic amines is 1. The first-order chi connectivity index (χ1) is 12.9. The van der Waals surface area contributed by atoms with Crippen LogP contribution >= 0.6 is 11.6 Å². The molecule has 8 heteroatoms. The number of hydrogen-bond acceptors (Lipinski definition) is 6. The average molecular weight is 383 g/mol. The molecular weight excluding hydrogens is 368 g/mol. The van der Waals surface area contributed by atoms with Gasteiger partial charge in [-0.2, -0.15) is 5.26 Å². The number of aryl methyl sites for hydroxylation is 1. The van der Waals surface area contributed by atoms with Gasteiger partial charge in [-0.15, -0.1) is 0 Å². The maximum absolute atomic E-state index is 12.7. The third kappa shape index (κ3) is 3.11. The SMILES string of the molecule is CCOC(=O)c1c(C)nc2c(C#N)c(N)[nH]c(=O)c2c1-c1ccc(Cl)cc1. The summed E-state index contributed by atoms with van der Waals surface area (Å²) in [5.41, 5.74) is 6.77. The van der Waals surface area contributed by atoms with Gasteiger partial charge in [-0.05, 0) is 31.5 Å². The number of nitrogen functional groups attached to an aromatic ring is 1. The molecule has 3 rings (SSSR count). The smallest absolute Gasteiger partial charge is 0.340 e. The highest BCUT2D eigenvalue weighted by Gasteiger charge is 2.25. The molecule has 0 aliphatic carbocycles. The lowest BCUT2D eigenvalue weighted by atomic mass is 9.94. The monoisotopic (exact) mass is 382 g/mol. The van der Waals surface area contributed by atoms with E-state index in [9.17, 15) is 14.9 Å². The number of rotatable bonds is 3. The molecule has 1 aromatic carbocycles. The number of carbonyl (C=O) groups excluding carboxylic acids is 1. The van der Waals surface area contributed by atoms with Crippen LogP contribution in [0.2, 0.25) is 5.02 Å². The van der Waals surface area contributed by atoms with Crippen LogP contribution in [0.4, 0.5) is 5.82 Å². The Balaban J connectivity index is 2.56. The molecular formula is C19H15ClN4O3. The van der Waals surface area contributed by atoms with Crippen molar-refractivity contribution >= 4 is 34.3 Å². The van der Waals surface area contributed by atoms with E-state index in [0.717, 1.165) is 0 Å². The summed E-state index contributed by atoms with van der Waals surface area (Å²) in [5, 5.41) is 10.1. The maximum atomic E-state index is 12.7. The number of nitriles is 1. The van der Waals surface area contributed by atoms with Gasteiger partial charge >= 0.3 is 5.97 Å². The number of ether oxygens (including phenoxy) is 1. The minimum absolute atomic E-state index is 0.0401. The fourth-order valence-electron chi connectivity index (χ4n) is 2.95. The number of carbonyl (C=O) groups is 1. The van der Waals surface area contributed by atoms with E-state index in [-0.39, 0.29) is 34.5 Å². The molecule has 0 bridgehead atoms. The molecule has 0 spiro atoms. The van der Waals surface area contributed by atoms with Crippen LogP contribution in [-0.4, -0.2) is 22.5 Å². The van der Waals surface area contributed by atoms with Gasteiger partial charge in [-0.1, -0.05) is 23.7 Å². The number of nitrogens with two attached hydrogens (primary N) is 1. The van der Waals surface area contributed by atoms with E-state index in [1.54, 1.807) is 38.1 Å². The Morgan fingerprint density at radius 1 is 1.37 bits per heavy atom. The molecule has 136 valence electrons. The van der Waals surface area contributed by atoms with Gasteiger partial charge in [0.25, 0.3) is 5.56 Å². The Labute approximate surface area is 159 Å². The lowest BCUT2D eigenvalue weighted by Gasteiger charge is -2.15. The van der Waals surface area contributed by atoms with Gasteiger partial charge in [0.1, 0.15) is 17.5 Å². The van der Waals surface area contributed by atoms with Crippen LogP contribution in [-0.2, 0) is 4.74 Å². The molecule has 2 heterocycles. The molecule has 0 fully saturated rings. The molecule has 0 atom stereocenters. The largest absolute Gasteiger partial charge is 0.462 e. The molecule has 0 aliphatic heterocycles. The highest BCUT2D eigenvalue weighted by atomic mass is 35.5.